The molecule has 2 N–H and O–H groups in total. The maximum absolute atomic E-state index is 12.3. The second kappa shape index (κ2) is 6.48. The molecule has 1 saturated carbocycles. The molecule has 0 unspecified atom stereocenters. The number of carbonyl (C=O) groups excluding carboxylic acids is 1. The van der Waals surface area contributed by atoms with Gasteiger partial charge in [0.15, 0.2) is 17.3 Å². The van der Waals surface area contributed by atoms with Gasteiger partial charge in [0, 0.05) is 23.6 Å². The fraction of sp³-hybridized carbons (Fsp3) is 0.294. The molecule has 3 aromatic rings. The third-order valence-corrected chi connectivity index (χ3v) is 4.25. The number of aliphatic hydroxyl groups excluding tert-OH is 1. The molecule has 1 aliphatic carbocycles. The average molecular weight is 340 g/mol. The van der Waals surface area contributed by atoms with Crippen LogP contribution < -0.4 is 5.32 Å². The van der Waals surface area contributed by atoms with Crippen LogP contribution in [-0.2, 0) is 6.61 Å². The highest BCUT2D eigenvalue weighted by molar-refractivity contribution is 5.93. The molecular weight excluding hydrogens is 324 g/mol. The van der Waals surface area contributed by atoms with Gasteiger partial charge in [-0.15, -0.1) is 0 Å². The van der Waals surface area contributed by atoms with Crippen molar-refractivity contribution in [2.24, 2.45) is 0 Å². The van der Waals surface area contributed by atoms with Crippen LogP contribution >= 0.6 is 0 Å². The largest absolute Gasteiger partial charge is 0.388 e. The monoisotopic (exact) mass is 340 g/mol. The molecular formula is C17H16N4O4. The van der Waals surface area contributed by atoms with Crippen LogP contribution in [0, 0.1) is 0 Å². The van der Waals surface area contributed by atoms with E-state index in [0.29, 0.717) is 24.5 Å². The molecule has 0 saturated heterocycles. The molecule has 0 atom stereocenters. The molecule has 0 bridgehead atoms. The minimum atomic E-state index is -0.268. The predicted octanol–water partition coefficient (Wildman–Crippen LogP) is 1.89. The van der Waals surface area contributed by atoms with Crippen LogP contribution in [0.2, 0.25) is 0 Å². The standard InChI is InChI=1S/C17H16N4O4/c22-9-15-19-17(25-21-15)11-6-12(7-11)18-16(23)13-8-14(24-20-13)10-4-2-1-3-5-10/h1-5,8,11-12,22H,6-7,9H2,(H,18,23)/t11-,12-. The van der Waals surface area contributed by atoms with Crippen LogP contribution in [0.4, 0.5) is 0 Å². The number of carbonyl (C=O) groups is 1. The number of hydrogen-bond donors (Lipinski definition) is 2. The van der Waals surface area contributed by atoms with Crippen LogP contribution in [0.1, 0.15) is 41.0 Å². The molecule has 2 heterocycles. The minimum absolute atomic E-state index is 0.0267. The third-order valence-electron chi connectivity index (χ3n) is 4.25. The van der Waals surface area contributed by atoms with Crippen molar-refractivity contribution in [1.29, 1.82) is 0 Å². The van der Waals surface area contributed by atoms with Crippen molar-refractivity contribution in [1.82, 2.24) is 20.6 Å². The fourth-order valence-corrected chi connectivity index (χ4v) is 2.81. The number of rotatable bonds is 5. The van der Waals surface area contributed by atoms with Crippen molar-refractivity contribution in [3.63, 3.8) is 0 Å². The lowest BCUT2D eigenvalue weighted by Gasteiger charge is -2.32. The first-order valence-corrected chi connectivity index (χ1v) is 7.99. The van der Waals surface area contributed by atoms with Gasteiger partial charge in [-0.25, -0.2) is 0 Å². The lowest BCUT2D eigenvalue weighted by atomic mass is 9.80. The van der Waals surface area contributed by atoms with E-state index in [4.69, 9.17) is 14.2 Å². The number of nitrogens with zero attached hydrogens (tertiary/aromatic N) is 3. The van der Waals surface area contributed by atoms with Crippen LogP contribution in [0.3, 0.4) is 0 Å². The Morgan fingerprint density at radius 3 is 2.72 bits per heavy atom. The van der Waals surface area contributed by atoms with E-state index in [2.05, 4.69) is 20.6 Å². The maximum atomic E-state index is 12.3. The Bertz CT molecular complexity index is 868. The van der Waals surface area contributed by atoms with Gasteiger partial charge in [0.1, 0.15) is 6.61 Å². The zero-order valence-corrected chi connectivity index (χ0v) is 13.3. The molecule has 8 nitrogen and oxygen atoms in total. The zero-order valence-electron chi connectivity index (χ0n) is 13.3. The van der Waals surface area contributed by atoms with Crippen molar-refractivity contribution in [3.05, 3.63) is 53.8 Å². The molecule has 1 amide bonds. The summed E-state index contributed by atoms with van der Waals surface area (Å²) in [6.45, 7) is -0.244. The van der Waals surface area contributed by atoms with Crippen LogP contribution in [0.25, 0.3) is 11.3 Å². The summed E-state index contributed by atoms with van der Waals surface area (Å²) in [6.07, 6.45) is 1.42. The number of aromatic nitrogens is 3. The van der Waals surface area contributed by atoms with Crippen molar-refractivity contribution in [2.75, 3.05) is 0 Å². The topological polar surface area (TPSA) is 114 Å². The molecule has 4 rings (SSSR count). The Balaban J connectivity index is 1.34. The van der Waals surface area contributed by atoms with E-state index in [1.54, 1.807) is 6.07 Å². The SMILES string of the molecule is O=C(N[C@H]1C[C@H](c2nc(CO)no2)C1)c1cc(-c2ccccc2)on1. The van der Waals surface area contributed by atoms with Gasteiger partial charge in [-0.05, 0) is 12.8 Å². The predicted molar refractivity (Wildman–Crippen MR) is 85.4 cm³/mol. The fourth-order valence-electron chi connectivity index (χ4n) is 2.81. The van der Waals surface area contributed by atoms with Gasteiger partial charge in [0.2, 0.25) is 5.89 Å². The van der Waals surface area contributed by atoms with Gasteiger partial charge in [-0.2, -0.15) is 4.98 Å². The Kier molecular flexibility index (Phi) is 4.02. The van der Waals surface area contributed by atoms with Crippen molar-refractivity contribution < 1.29 is 18.9 Å². The second-order valence-electron chi connectivity index (χ2n) is 5.99. The van der Waals surface area contributed by atoms with Gasteiger partial charge in [-0.1, -0.05) is 40.6 Å². The lowest BCUT2D eigenvalue weighted by Crippen LogP contribution is -2.43. The molecule has 0 spiro atoms. The first kappa shape index (κ1) is 15.5. The highest BCUT2D eigenvalue weighted by Crippen LogP contribution is 2.36. The minimum Gasteiger partial charge on any atom is -0.388 e. The number of benzene rings is 1. The third kappa shape index (κ3) is 3.16. The molecule has 2 aromatic heterocycles. The van der Waals surface area contributed by atoms with E-state index < -0.39 is 0 Å². The van der Waals surface area contributed by atoms with E-state index in [9.17, 15) is 4.79 Å². The Labute approximate surface area is 142 Å². The van der Waals surface area contributed by atoms with E-state index >= 15 is 0 Å². The smallest absolute Gasteiger partial charge is 0.273 e. The number of aliphatic hydroxyl groups is 1. The molecule has 8 heteroatoms. The molecule has 0 radical (unpaired) electrons. The first-order valence-electron chi connectivity index (χ1n) is 7.99. The summed E-state index contributed by atoms with van der Waals surface area (Å²) < 4.78 is 10.3. The Morgan fingerprint density at radius 1 is 1.20 bits per heavy atom. The Morgan fingerprint density at radius 2 is 2.00 bits per heavy atom. The molecule has 25 heavy (non-hydrogen) atoms. The molecule has 128 valence electrons. The van der Waals surface area contributed by atoms with Crippen LogP contribution in [0.5, 0.6) is 0 Å². The first-order chi connectivity index (χ1) is 12.2. The van der Waals surface area contributed by atoms with E-state index in [-0.39, 0.29) is 36.0 Å². The Hall–Kier alpha value is -3.00. The second-order valence-corrected chi connectivity index (χ2v) is 5.99. The summed E-state index contributed by atoms with van der Waals surface area (Å²) in [7, 11) is 0. The van der Waals surface area contributed by atoms with Crippen LogP contribution in [-0.4, -0.2) is 32.4 Å². The van der Waals surface area contributed by atoms with E-state index in [1.165, 1.54) is 0 Å². The summed E-state index contributed by atoms with van der Waals surface area (Å²) in [5.74, 6) is 1.17. The summed E-state index contributed by atoms with van der Waals surface area (Å²) in [4.78, 5) is 16.4. The van der Waals surface area contributed by atoms with Crippen molar-refractivity contribution in [3.8, 4) is 11.3 Å². The summed E-state index contributed by atoms with van der Waals surface area (Å²) >= 11 is 0. The zero-order chi connectivity index (χ0) is 17.2. The van der Waals surface area contributed by atoms with Gasteiger partial charge in [0.05, 0.1) is 0 Å². The van der Waals surface area contributed by atoms with Gasteiger partial charge < -0.3 is 19.5 Å². The summed E-state index contributed by atoms with van der Waals surface area (Å²) in [5, 5.41) is 19.4. The summed E-state index contributed by atoms with van der Waals surface area (Å²) in [5.41, 5.74) is 1.12. The molecule has 0 aliphatic heterocycles. The van der Waals surface area contributed by atoms with Crippen molar-refractivity contribution in [2.45, 2.75) is 31.4 Å². The lowest BCUT2D eigenvalue weighted by molar-refractivity contribution is 0.0892. The number of hydrogen-bond acceptors (Lipinski definition) is 7. The molecule has 1 fully saturated rings. The average Bonchev–Trinajstić information content (AvgIpc) is 3.27. The van der Waals surface area contributed by atoms with Crippen LogP contribution in [0.15, 0.2) is 45.4 Å². The highest BCUT2D eigenvalue weighted by Gasteiger charge is 2.35. The van der Waals surface area contributed by atoms with E-state index in [1.807, 2.05) is 30.3 Å². The molecule has 1 aromatic carbocycles. The number of nitrogens with one attached hydrogen (secondary N) is 1. The summed E-state index contributed by atoms with van der Waals surface area (Å²) in [6, 6.07) is 11.1. The van der Waals surface area contributed by atoms with Gasteiger partial charge >= 0.3 is 0 Å². The highest BCUT2D eigenvalue weighted by atomic mass is 16.5. The van der Waals surface area contributed by atoms with Crippen molar-refractivity contribution >= 4 is 5.91 Å². The molecule has 1 aliphatic rings. The quantitative estimate of drug-likeness (QED) is 0.729. The van der Waals surface area contributed by atoms with Gasteiger partial charge in [-0.3, -0.25) is 4.79 Å². The number of amides is 1. The van der Waals surface area contributed by atoms with Gasteiger partial charge in [0.25, 0.3) is 5.91 Å². The maximum Gasteiger partial charge on any atom is 0.273 e. The normalized spacial score (nSPS) is 19.4. The van der Waals surface area contributed by atoms with E-state index in [0.717, 1.165) is 5.56 Å².